The SMILES string of the molecule is O[C@H](C[NH2+]CC[NH+]1CCOCC1)CO[C@H]1CCCc2ccccc21. The van der Waals surface area contributed by atoms with Gasteiger partial charge in [0.1, 0.15) is 38.8 Å². The molecule has 0 spiro atoms. The van der Waals surface area contributed by atoms with Crippen LogP contribution in [-0.4, -0.2) is 63.8 Å². The van der Waals surface area contributed by atoms with Crippen LogP contribution in [0, 0.1) is 0 Å². The molecule has 1 fully saturated rings. The lowest BCUT2D eigenvalue weighted by atomic mass is 9.89. The zero-order valence-corrected chi connectivity index (χ0v) is 14.6. The van der Waals surface area contributed by atoms with Crippen LogP contribution in [0.4, 0.5) is 0 Å². The lowest BCUT2D eigenvalue weighted by Crippen LogP contribution is -3.16. The Morgan fingerprint density at radius 2 is 2.12 bits per heavy atom. The molecule has 5 nitrogen and oxygen atoms in total. The van der Waals surface area contributed by atoms with Gasteiger partial charge in [-0.1, -0.05) is 24.3 Å². The summed E-state index contributed by atoms with van der Waals surface area (Å²) < 4.78 is 11.4. The van der Waals surface area contributed by atoms with E-state index in [9.17, 15) is 5.11 Å². The van der Waals surface area contributed by atoms with E-state index >= 15 is 0 Å². The van der Waals surface area contributed by atoms with E-state index in [-0.39, 0.29) is 6.10 Å². The molecule has 2 aliphatic rings. The number of morpholine rings is 1. The van der Waals surface area contributed by atoms with E-state index < -0.39 is 6.10 Å². The average Bonchev–Trinajstić information content (AvgIpc) is 2.64. The first-order valence-electron chi connectivity index (χ1n) is 9.43. The van der Waals surface area contributed by atoms with Crippen LogP contribution in [0.5, 0.6) is 0 Å². The predicted octanol–water partition coefficient (Wildman–Crippen LogP) is -1.08. The maximum Gasteiger partial charge on any atom is 0.127 e. The lowest BCUT2D eigenvalue weighted by Gasteiger charge is -2.26. The number of quaternary nitrogens is 2. The first-order valence-corrected chi connectivity index (χ1v) is 9.43. The van der Waals surface area contributed by atoms with Crippen molar-refractivity contribution in [2.24, 2.45) is 0 Å². The zero-order chi connectivity index (χ0) is 16.6. The van der Waals surface area contributed by atoms with Gasteiger partial charge in [-0.05, 0) is 30.4 Å². The van der Waals surface area contributed by atoms with Crippen molar-refractivity contribution in [2.45, 2.75) is 31.5 Å². The number of ether oxygens (including phenoxy) is 2. The molecule has 0 unspecified atom stereocenters. The van der Waals surface area contributed by atoms with Gasteiger partial charge in [0.05, 0.1) is 25.9 Å². The summed E-state index contributed by atoms with van der Waals surface area (Å²) in [6.07, 6.45) is 3.15. The second-order valence-corrected chi connectivity index (χ2v) is 6.99. The molecule has 5 heteroatoms. The van der Waals surface area contributed by atoms with Crippen molar-refractivity contribution in [3.05, 3.63) is 35.4 Å². The summed E-state index contributed by atoms with van der Waals surface area (Å²) in [6.45, 7) is 7.34. The molecule has 2 atom stereocenters. The number of benzene rings is 1. The third kappa shape index (κ3) is 5.26. The lowest BCUT2D eigenvalue weighted by molar-refractivity contribution is -0.919. The highest BCUT2D eigenvalue weighted by molar-refractivity contribution is 5.31. The van der Waals surface area contributed by atoms with Gasteiger partial charge in [-0.2, -0.15) is 0 Å². The number of hydrogen-bond acceptors (Lipinski definition) is 3. The molecule has 4 N–H and O–H groups in total. The van der Waals surface area contributed by atoms with Crippen LogP contribution in [0.2, 0.25) is 0 Å². The summed E-state index contributed by atoms with van der Waals surface area (Å²) in [6, 6.07) is 8.55. The van der Waals surface area contributed by atoms with Gasteiger partial charge < -0.3 is 24.8 Å². The Morgan fingerprint density at radius 1 is 1.29 bits per heavy atom. The third-order valence-corrected chi connectivity index (χ3v) is 5.14. The van der Waals surface area contributed by atoms with Crippen molar-refractivity contribution < 1.29 is 24.8 Å². The number of aliphatic hydroxyl groups is 1. The fourth-order valence-corrected chi connectivity index (χ4v) is 3.70. The topological polar surface area (TPSA) is 59.7 Å². The van der Waals surface area contributed by atoms with Crippen LogP contribution >= 0.6 is 0 Å². The maximum absolute atomic E-state index is 10.2. The minimum absolute atomic E-state index is 0.155. The first-order chi connectivity index (χ1) is 11.8. The van der Waals surface area contributed by atoms with E-state index in [1.54, 1.807) is 4.90 Å². The minimum Gasteiger partial charge on any atom is -0.385 e. The molecule has 0 radical (unpaired) electrons. The van der Waals surface area contributed by atoms with Gasteiger partial charge in [0.25, 0.3) is 0 Å². The number of fused-ring (bicyclic) bond motifs is 1. The van der Waals surface area contributed by atoms with Crippen LogP contribution in [0.1, 0.15) is 30.1 Å². The Hall–Kier alpha value is -0.980. The van der Waals surface area contributed by atoms with Crippen molar-refractivity contribution in [3.63, 3.8) is 0 Å². The molecule has 3 rings (SSSR count). The Bertz CT molecular complexity index is 491. The number of rotatable bonds is 8. The number of aliphatic hydroxyl groups excluding tert-OH is 1. The zero-order valence-electron chi connectivity index (χ0n) is 14.6. The van der Waals surface area contributed by atoms with Gasteiger partial charge in [-0.15, -0.1) is 0 Å². The van der Waals surface area contributed by atoms with Crippen molar-refractivity contribution in [1.82, 2.24) is 0 Å². The standard InChI is InChI=1S/C19H30N2O3/c22-17(14-20-8-9-21-10-12-23-13-11-21)15-24-19-7-3-5-16-4-1-2-6-18(16)19/h1-2,4,6,17,19-20,22H,3,5,7-15H2/p+2/t17-,19+/m1/s1. The third-order valence-electron chi connectivity index (χ3n) is 5.14. The fourth-order valence-electron chi connectivity index (χ4n) is 3.70. The quantitative estimate of drug-likeness (QED) is 0.529. The fraction of sp³-hybridized carbons (Fsp3) is 0.684. The molecular formula is C19H32N2O3+2. The number of hydrogen-bond donors (Lipinski definition) is 3. The minimum atomic E-state index is -0.390. The van der Waals surface area contributed by atoms with Crippen LogP contribution < -0.4 is 10.2 Å². The highest BCUT2D eigenvalue weighted by Crippen LogP contribution is 2.32. The Labute approximate surface area is 144 Å². The molecule has 24 heavy (non-hydrogen) atoms. The van der Waals surface area contributed by atoms with Crippen LogP contribution in [0.15, 0.2) is 24.3 Å². The Morgan fingerprint density at radius 3 is 3.00 bits per heavy atom. The highest BCUT2D eigenvalue weighted by atomic mass is 16.5. The maximum atomic E-state index is 10.2. The van der Waals surface area contributed by atoms with E-state index in [0.717, 1.165) is 58.8 Å². The Balaban J connectivity index is 1.32. The van der Waals surface area contributed by atoms with E-state index in [1.165, 1.54) is 17.5 Å². The smallest absolute Gasteiger partial charge is 0.127 e. The predicted molar refractivity (Wildman–Crippen MR) is 92.1 cm³/mol. The summed E-state index contributed by atoms with van der Waals surface area (Å²) in [5.41, 5.74) is 2.72. The molecule has 0 saturated carbocycles. The molecule has 1 aromatic rings. The van der Waals surface area contributed by atoms with Gasteiger partial charge >= 0.3 is 0 Å². The normalized spacial score (nSPS) is 23.0. The molecule has 0 amide bonds. The van der Waals surface area contributed by atoms with Gasteiger partial charge in [-0.3, -0.25) is 0 Å². The van der Waals surface area contributed by atoms with Crippen LogP contribution in [0.25, 0.3) is 0 Å². The van der Waals surface area contributed by atoms with Crippen LogP contribution in [-0.2, 0) is 15.9 Å². The van der Waals surface area contributed by atoms with Crippen molar-refractivity contribution >= 4 is 0 Å². The molecule has 134 valence electrons. The molecule has 1 aromatic carbocycles. The molecule has 1 aliphatic heterocycles. The summed E-state index contributed by atoms with van der Waals surface area (Å²) in [4.78, 5) is 1.61. The summed E-state index contributed by atoms with van der Waals surface area (Å²) in [5, 5.41) is 12.4. The second kappa shape index (κ2) is 9.49. The molecule has 0 bridgehead atoms. The largest absolute Gasteiger partial charge is 0.385 e. The summed E-state index contributed by atoms with van der Waals surface area (Å²) >= 11 is 0. The van der Waals surface area contributed by atoms with Crippen molar-refractivity contribution in [2.75, 3.05) is 52.5 Å². The van der Waals surface area contributed by atoms with Gasteiger partial charge in [0, 0.05) is 0 Å². The monoisotopic (exact) mass is 336 g/mol. The number of nitrogens with one attached hydrogen (secondary N) is 1. The van der Waals surface area contributed by atoms with Crippen LogP contribution in [0.3, 0.4) is 0 Å². The molecule has 1 heterocycles. The van der Waals surface area contributed by atoms with E-state index in [1.807, 2.05) is 0 Å². The first kappa shape index (κ1) is 17.8. The highest BCUT2D eigenvalue weighted by Gasteiger charge is 2.21. The van der Waals surface area contributed by atoms with Crippen molar-refractivity contribution in [1.29, 1.82) is 0 Å². The molecule has 1 aliphatic carbocycles. The van der Waals surface area contributed by atoms with E-state index in [0.29, 0.717) is 6.61 Å². The Kier molecular flexibility index (Phi) is 7.05. The summed E-state index contributed by atoms with van der Waals surface area (Å²) in [7, 11) is 0. The number of nitrogens with two attached hydrogens (primary N) is 1. The van der Waals surface area contributed by atoms with Gasteiger partial charge in [-0.25, -0.2) is 0 Å². The molecule has 0 aromatic heterocycles. The van der Waals surface area contributed by atoms with E-state index in [4.69, 9.17) is 9.47 Å². The summed E-state index contributed by atoms with van der Waals surface area (Å²) in [5.74, 6) is 0. The molecule has 1 saturated heterocycles. The number of aryl methyl sites for hydroxylation is 1. The molecular weight excluding hydrogens is 304 g/mol. The van der Waals surface area contributed by atoms with Gasteiger partial charge in [0.2, 0.25) is 0 Å². The average molecular weight is 336 g/mol. The van der Waals surface area contributed by atoms with Crippen molar-refractivity contribution in [3.8, 4) is 0 Å². The van der Waals surface area contributed by atoms with Gasteiger partial charge in [0.15, 0.2) is 0 Å². The van der Waals surface area contributed by atoms with E-state index in [2.05, 4.69) is 29.6 Å². The second-order valence-electron chi connectivity index (χ2n) is 6.99.